The smallest absolute Gasteiger partial charge is 0.313 e. The fourth-order valence-electron chi connectivity index (χ4n) is 2.45. The number of nitrogens with zero attached hydrogens (tertiary/aromatic N) is 1. The van der Waals surface area contributed by atoms with E-state index in [0.29, 0.717) is 18.5 Å². The molecule has 0 saturated carbocycles. The molecule has 0 aromatic heterocycles. The van der Waals surface area contributed by atoms with E-state index in [0.717, 1.165) is 0 Å². The molecule has 1 amide bonds. The van der Waals surface area contributed by atoms with Crippen LogP contribution in [0, 0.1) is 11.2 Å². The summed E-state index contributed by atoms with van der Waals surface area (Å²) in [7, 11) is 1.44. The van der Waals surface area contributed by atoms with Gasteiger partial charge in [-0.3, -0.25) is 9.59 Å². The van der Waals surface area contributed by atoms with Crippen LogP contribution >= 0.6 is 0 Å². The van der Waals surface area contributed by atoms with Gasteiger partial charge in [0, 0.05) is 25.8 Å². The summed E-state index contributed by atoms with van der Waals surface area (Å²) in [6.07, 6.45) is 0.350. The normalized spacial score (nSPS) is 22.0. The minimum absolute atomic E-state index is 0.0650. The number of methoxy groups -OCH3 is 1. The SMILES string of the molecule is COCC1(C(=O)O)CCN(C(=O)c2ccc(F)cc2)C1. The molecule has 1 N–H and O–H groups in total. The molecule has 1 unspecified atom stereocenters. The van der Waals surface area contributed by atoms with E-state index >= 15 is 0 Å². The van der Waals surface area contributed by atoms with Gasteiger partial charge in [-0.15, -0.1) is 0 Å². The summed E-state index contributed by atoms with van der Waals surface area (Å²) in [6, 6.07) is 5.22. The van der Waals surface area contributed by atoms with Crippen molar-refractivity contribution in [1.82, 2.24) is 4.90 Å². The third-order valence-corrected chi connectivity index (χ3v) is 3.61. The number of amides is 1. The highest BCUT2D eigenvalue weighted by molar-refractivity contribution is 5.95. The second kappa shape index (κ2) is 5.58. The predicted molar refractivity (Wildman–Crippen MR) is 68.9 cm³/mol. The lowest BCUT2D eigenvalue weighted by Gasteiger charge is -2.23. The van der Waals surface area contributed by atoms with Crippen LogP contribution in [0.2, 0.25) is 0 Å². The van der Waals surface area contributed by atoms with Crippen LogP contribution in [-0.2, 0) is 9.53 Å². The van der Waals surface area contributed by atoms with Gasteiger partial charge < -0.3 is 14.7 Å². The van der Waals surface area contributed by atoms with Crippen LogP contribution < -0.4 is 0 Å². The number of hydrogen-bond acceptors (Lipinski definition) is 3. The average molecular weight is 281 g/mol. The summed E-state index contributed by atoms with van der Waals surface area (Å²) in [4.78, 5) is 25.1. The van der Waals surface area contributed by atoms with Gasteiger partial charge in [-0.2, -0.15) is 0 Å². The van der Waals surface area contributed by atoms with E-state index in [1.807, 2.05) is 0 Å². The number of carboxylic acid groups (broad SMARTS) is 1. The van der Waals surface area contributed by atoms with Gasteiger partial charge >= 0.3 is 5.97 Å². The van der Waals surface area contributed by atoms with Gasteiger partial charge in [0.1, 0.15) is 11.2 Å². The molecule has 1 fully saturated rings. The van der Waals surface area contributed by atoms with Crippen LogP contribution in [0.1, 0.15) is 16.8 Å². The summed E-state index contributed by atoms with van der Waals surface area (Å²) in [6.45, 7) is 0.522. The second-order valence-corrected chi connectivity index (χ2v) is 5.00. The molecule has 1 saturated heterocycles. The molecule has 0 radical (unpaired) electrons. The number of carbonyl (C=O) groups excluding carboxylic acids is 1. The Morgan fingerprint density at radius 2 is 2.05 bits per heavy atom. The molecule has 1 aromatic carbocycles. The number of rotatable bonds is 4. The summed E-state index contributed by atoms with van der Waals surface area (Å²) in [5.74, 6) is -1.67. The molecular formula is C14H16FNO4. The van der Waals surface area contributed by atoms with Crippen LogP contribution in [0.5, 0.6) is 0 Å². The van der Waals surface area contributed by atoms with Gasteiger partial charge in [0.25, 0.3) is 5.91 Å². The zero-order valence-corrected chi connectivity index (χ0v) is 11.1. The van der Waals surface area contributed by atoms with E-state index in [1.165, 1.54) is 36.3 Å². The third kappa shape index (κ3) is 2.65. The van der Waals surface area contributed by atoms with E-state index in [1.54, 1.807) is 0 Å². The Labute approximate surface area is 116 Å². The van der Waals surface area contributed by atoms with E-state index < -0.39 is 17.2 Å². The molecule has 108 valence electrons. The molecule has 1 aliphatic heterocycles. The lowest BCUT2D eigenvalue weighted by Crippen LogP contribution is -2.40. The second-order valence-electron chi connectivity index (χ2n) is 5.00. The van der Waals surface area contributed by atoms with Crippen molar-refractivity contribution in [2.24, 2.45) is 5.41 Å². The maximum Gasteiger partial charge on any atom is 0.313 e. The fourth-order valence-corrected chi connectivity index (χ4v) is 2.45. The molecule has 0 spiro atoms. The minimum atomic E-state index is -1.05. The van der Waals surface area contributed by atoms with Crippen molar-refractivity contribution >= 4 is 11.9 Å². The number of likely N-dealkylation sites (tertiary alicyclic amines) is 1. The standard InChI is InChI=1S/C14H16FNO4/c1-20-9-14(13(18)19)6-7-16(8-14)12(17)10-2-4-11(15)5-3-10/h2-5H,6-9H2,1H3,(H,18,19). The fraction of sp³-hybridized carbons (Fsp3) is 0.429. The molecule has 1 aliphatic rings. The van der Waals surface area contributed by atoms with Crippen LogP contribution in [-0.4, -0.2) is 48.7 Å². The topological polar surface area (TPSA) is 66.8 Å². The summed E-state index contributed by atoms with van der Waals surface area (Å²) in [5, 5.41) is 9.33. The Balaban J connectivity index is 2.14. The van der Waals surface area contributed by atoms with Crippen molar-refractivity contribution in [3.05, 3.63) is 35.6 Å². The predicted octanol–water partition coefficient (Wildman–Crippen LogP) is 1.39. The minimum Gasteiger partial charge on any atom is -0.481 e. The van der Waals surface area contributed by atoms with Gasteiger partial charge in [0.2, 0.25) is 0 Å². The summed E-state index contributed by atoms with van der Waals surface area (Å²) >= 11 is 0. The first-order chi connectivity index (χ1) is 9.48. The van der Waals surface area contributed by atoms with Crippen molar-refractivity contribution < 1.29 is 23.8 Å². The molecule has 0 aliphatic carbocycles. The van der Waals surface area contributed by atoms with Crippen LogP contribution in [0.3, 0.4) is 0 Å². The Hall–Kier alpha value is -1.95. The summed E-state index contributed by atoms with van der Waals surface area (Å²) in [5.41, 5.74) is -0.699. The van der Waals surface area contributed by atoms with E-state index in [2.05, 4.69) is 0 Å². The van der Waals surface area contributed by atoms with Crippen molar-refractivity contribution in [2.75, 3.05) is 26.8 Å². The number of aliphatic carboxylic acids is 1. The molecule has 1 atom stereocenters. The average Bonchev–Trinajstić information content (AvgIpc) is 2.85. The monoisotopic (exact) mass is 281 g/mol. The highest BCUT2D eigenvalue weighted by atomic mass is 19.1. The van der Waals surface area contributed by atoms with Crippen LogP contribution in [0.15, 0.2) is 24.3 Å². The number of carbonyl (C=O) groups is 2. The lowest BCUT2D eigenvalue weighted by atomic mass is 9.88. The zero-order chi connectivity index (χ0) is 14.8. The first kappa shape index (κ1) is 14.5. The van der Waals surface area contributed by atoms with Gasteiger partial charge in [-0.05, 0) is 30.7 Å². The molecule has 6 heteroatoms. The molecular weight excluding hydrogens is 265 g/mol. The number of carboxylic acids is 1. The van der Waals surface area contributed by atoms with Crippen molar-refractivity contribution in [3.8, 4) is 0 Å². The number of halogens is 1. The lowest BCUT2D eigenvalue weighted by molar-refractivity contribution is -0.151. The Morgan fingerprint density at radius 3 is 2.60 bits per heavy atom. The maximum absolute atomic E-state index is 12.8. The zero-order valence-electron chi connectivity index (χ0n) is 11.1. The Morgan fingerprint density at radius 1 is 1.40 bits per heavy atom. The first-order valence-electron chi connectivity index (χ1n) is 6.26. The van der Waals surface area contributed by atoms with E-state index in [4.69, 9.17) is 4.74 Å². The van der Waals surface area contributed by atoms with Gasteiger partial charge in [-0.25, -0.2) is 4.39 Å². The highest BCUT2D eigenvalue weighted by Gasteiger charge is 2.46. The maximum atomic E-state index is 12.8. The number of hydrogen-bond donors (Lipinski definition) is 1. The van der Waals surface area contributed by atoms with Gasteiger partial charge in [0.15, 0.2) is 0 Å². The van der Waals surface area contributed by atoms with Gasteiger partial charge in [0.05, 0.1) is 6.61 Å². The van der Waals surface area contributed by atoms with Gasteiger partial charge in [-0.1, -0.05) is 0 Å². The van der Waals surface area contributed by atoms with Crippen LogP contribution in [0.25, 0.3) is 0 Å². The Bertz CT molecular complexity index is 516. The van der Waals surface area contributed by atoms with Crippen molar-refractivity contribution in [1.29, 1.82) is 0 Å². The van der Waals surface area contributed by atoms with E-state index in [9.17, 15) is 19.1 Å². The molecule has 0 bridgehead atoms. The van der Waals surface area contributed by atoms with E-state index in [-0.39, 0.29) is 19.1 Å². The third-order valence-electron chi connectivity index (χ3n) is 3.61. The van der Waals surface area contributed by atoms with Crippen molar-refractivity contribution in [2.45, 2.75) is 6.42 Å². The largest absolute Gasteiger partial charge is 0.481 e. The van der Waals surface area contributed by atoms with Crippen LogP contribution in [0.4, 0.5) is 4.39 Å². The molecule has 1 aromatic rings. The molecule has 20 heavy (non-hydrogen) atoms. The summed E-state index contributed by atoms with van der Waals surface area (Å²) < 4.78 is 17.8. The number of benzene rings is 1. The quantitative estimate of drug-likeness (QED) is 0.905. The molecule has 2 rings (SSSR count). The first-order valence-corrected chi connectivity index (χ1v) is 6.26. The molecule has 5 nitrogen and oxygen atoms in total. The highest BCUT2D eigenvalue weighted by Crippen LogP contribution is 2.32. The molecule has 1 heterocycles. The Kier molecular flexibility index (Phi) is 4.04. The number of ether oxygens (including phenoxy) is 1. The van der Waals surface area contributed by atoms with Crippen molar-refractivity contribution in [3.63, 3.8) is 0 Å².